The summed E-state index contributed by atoms with van der Waals surface area (Å²) in [6, 6.07) is 5.65. The van der Waals surface area contributed by atoms with Crippen LogP contribution in [-0.2, 0) is 6.42 Å². The van der Waals surface area contributed by atoms with Crippen molar-refractivity contribution in [3.63, 3.8) is 0 Å². The van der Waals surface area contributed by atoms with E-state index in [-0.39, 0.29) is 0 Å². The first-order valence-corrected chi connectivity index (χ1v) is 5.38. The van der Waals surface area contributed by atoms with Crippen LogP contribution in [0.25, 0.3) is 0 Å². The Morgan fingerprint density at radius 3 is 2.79 bits per heavy atom. The molecule has 0 atom stereocenters. The van der Waals surface area contributed by atoms with Gasteiger partial charge in [0.25, 0.3) is 0 Å². The quantitative estimate of drug-likeness (QED) is 0.615. The van der Waals surface area contributed by atoms with Crippen LogP contribution in [0.3, 0.4) is 0 Å². The zero-order valence-electron chi connectivity index (χ0n) is 8.21. The zero-order chi connectivity index (χ0) is 9.60. The summed E-state index contributed by atoms with van der Waals surface area (Å²) in [6.07, 6.45) is 6.32. The molecule has 0 radical (unpaired) electrons. The van der Waals surface area contributed by atoms with Gasteiger partial charge >= 0.3 is 0 Å². The maximum absolute atomic E-state index is 9.36. The molecule has 1 fully saturated rings. The van der Waals surface area contributed by atoms with E-state index in [0.717, 1.165) is 6.42 Å². The highest BCUT2D eigenvalue weighted by atomic mass is 16.3. The highest BCUT2D eigenvalue weighted by molar-refractivity contribution is 5.58. The second-order valence-corrected chi connectivity index (χ2v) is 4.60. The minimum absolute atomic E-state index is 0.384. The lowest BCUT2D eigenvalue weighted by Crippen LogP contribution is -2.47. The van der Waals surface area contributed by atoms with Gasteiger partial charge in [0.15, 0.2) is 0 Å². The van der Waals surface area contributed by atoms with Crippen molar-refractivity contribution >= 4 is 5.69 Å². The third-order valence-corrected chi connectivity index (χ3v) is 3.67. The fraction of sp³-hybridized carbons (Fsp3) is 0.500. The molecule has 1 aliphatic heterocycles. The van der Waals surface area contributed by atoms with E-state index in [4.69, 9.17) is 0 Å². The number of phenols is 1. The number of nitrogens with one attached hydrogen (secondary N) is 1. The van der Waals surface area contributed by atoms with Crippen LogP contribution >= 0.6 is 0 Å². The van der Waals surface area contributed by atoms with Crippen molar-refractivity contribution < 1.29 is 5.11 Å². The van der Waals surface area contributed by atoms with E-state index < -0.39 is 0 Å². The maximum Gasteiger partial charge on any atom is 0.116 e. The van der Waals surface area contributed by atoms with Crippen molar-refractivity contribution in [2.75, 3.05) is 5.32 Å². The van der Waals surface area contributed by atoms with E-state index in [2.05, 4.69) is 5.32 Å². The molecule has 2 N–H and O–H groups in total. The van der Waals surface area contributed by atoms with Gasteiger partial charge in [-0.3, -0.25) is 0 Å². The summed E-state index contributed by atoms with van der Waals surface area (Å²) in [4.78, 5) is 0. The molecule has 74 valence electrons. The molecule has 1 saturated carbocycles. The standard InChI is InChI=1S/C12H15NO/c14-10-2-3-11-9(8-10)4-7-12(13-11)5-1-6-12/h2-3,8,13-14H,1,4-7H2. The number of hydrogen-bond donors (Lipinski definition) is 2. The fourth-order valence-electron chi connectivity index (χ4n) is 2.61. The summed E-state index contributed by atoms with van der Waals surface area (Å²) < 4.78 is 0. The highest BCUT2D eigenvalue weighted by Crippen LogP contribution is 2.43. The number of aromatic hydroxyl groups is 1. The summed E-state index contributed by atoms with van der Waals surface area (Å²) >= 11 is 0. The van der Waals surface area contributed by atoms with E-state index in [1.165, 1.54) is 36.9 Å². The van der Waals surface area contributed by atoms with Crippen molar-refractivity contribution in [3.8, 4) is 5.75 Å². The van der Waals surface area contributed by atoms with Crippen LogP contribution in [0.5, 0.6) is 5.75 Å². The second-order valence-electron chi connectivity index (χ2n) is 4.60. The van der Waals surface area contributed by atoms with Gasteiger partial charge in [0.2, 0.25) is 0 Å². The lowest BCUT2D eigenvalue weighted by molar-refractivity contribution is 0.253. The first kappa shape index (κ1) is 8.16. The van der Waals surface area contributed by atoms with Gasteiger partial charge in [-0.05, 0) is 55.9 Å². The Morgan fingerprint density at radius 2 is 2.07 bits per heavy atom. The molecule has 1 aromatic rings. The van der Waals surface area contributed by atoms with Gasteiger partial charge < -0.3 is 10.4 Å². The largest absolute Gasteiger partial charge is 0.508 e. The lowest BCUT2D eigenvalue weighted by Gasteiger charge is -2.46. The SMILES string of the molecule is Oc1ccc2c(c1)CCC1(CCC1)N2. The molecule has 1 aromatic carbocycles. The number of hydrogen-bond acceptors (Lipinski definition) is 2. The number of aryl methyl sites for hydroxylation is 1. The Kier molecular flexibility index (Phi) is 1.55. The maximum atomic E-state index is 9.36. The predicted octanol–water partition coefficient (Wildman–Crippen LogP) is 2.67. The molecule has 1 heterocycles. The van der Waals surface area contributed by atoms with E-state index in [9.17, 15) is 5.11 Å². The first-order valence-electron chi connectivity index (χ1n) is 5.38. The molecule has 0 saturated heterocycles. The Labute approximate surface area is 84.0 Å². The minimum atomic E-state index is 0.384. The average Bonchev–Trinajstić information content (AvgIpc) is 2.15. The summed E-state index contributed by atoms with van der Waals surface area (Å²) in [6.45, 7) is 0. The van der Waals surface area contributed by atoms with Crippen LogP contribution in [0.4, 0.5) is 5.69 Å². The van der Waals surface area contributed by atoms with Crippen molar-refractivity contribution in [2.45, 2.75) is 37.6 Å². The van der Waals surface area contributed by atoms with Gasteiger partial charge in [0, 0.05) is 11.2 Å². The van der Waals surface area contributed by atoms with Gasteiger partial charge in [-0.15, -0.1) is 0 Å². The van der Waals surface area contributed by atoms with Gasteiger partial charge in [0.05, 0.1) is 0 Å². The Bertz CT molecular complexity index is 369. The molecule has 1 aliphatic carbocycles. The molecule has 2 aliphatic rings. The molecule has 14 heavy (non-hydrogen) atoms. The summed E-state index contributed by atoms with van der Waals surface area (Å²) in [5.74, 6) is 0.384. The number of anilines is 1. The van der Waals surface area contributed by atoms with Gasteiger partial charge in [0.1, 0.15) is 5.75 Å². The molecular weight excluding hydrogens is 174 g/mol. The summed E-state index contributed by atoms with van der Waals surface area (Å²) in [5, 5.41) is 13.0. The van der Waals surface area contributed by atoms with Crippen LogP contribution < -0.4 is 5.32 Å². The molecular formula is C12H15NO. The second kappa shape index (κ2) is 2.66. The van der Waals surface area contributed by atoms with Gasteiger partial charge in [-0.2, -0.15) is 0 Å². The topological polar surface area (TPSA) is 32.3 Å². The Hall–Kier alpha value is -1.18. The number of phenolic OH excluding ortho intramolecular Hbond substituents is 1. The fourth-order valence-corrected chi connectivity index (χ4v) is 2.61. The summed E-state index contributed by atoms with van der Waals surface area (Å²) in [7, 11) is 0. The third-order valence-electron chi connectivity index (χ3n) is 3.67. The van der Waals surface area contributed by atoms with E-state index in [0.29, 0.717) is 11.3 Å². The van der Waals surface area contributed by atoms with Crippen LogP contribution in [-0.4, -0.2) is 10.6 Å². The zero-order valence-corrected chi connectivity index (χ0v) is 8.21. The van der Waals surface area contributed by atoms with E-state index in [1.54, 1.807) is 6.07 Å². The average molecular weight is 189 g/mol. The van der Waals surface area contributed by atoms with Crippen LogP contribution in [0, 0.1) is 0 Å². The predicted molar refractivity (Wildman–Crippen MR) is 56.6 cm³/mol. The monoisotopic (exact) mass is 189 g/mol. The molecule has 0 unspecified atom stereocenters. The lowest BCUT2D eigenvalue weighted by atomic mass is 9.71. The smallest absolute Gasteiger partial charge is 0.116 e. The van der Waals surface area contributed by atoms with Crippen molar-refractivity contribution in [1.82, 2.24) is 0 Å². The van der Waals surface area contributed by atoms with Gasteiger partial charge in [-0.1, -0.05) is 0 Å². The van der Waals surface area contributed by atoms with Crippen LogP contribution in [0.2, 0.25) is 0 Å². The summed E-state index contributed by atoms with van der Waals surface area (Å²) in [5.41, 5.74) is 2.90. The van der Waals surface area contributed by atoms with E-state index >= 15 is 0 Å². The molecule has 1 spiro atoms. The molecule has 0 amide bonds. The van der Waals surface area contributed by atoms with E-state index in [1.807, 2.05) is 12.1 Å². The first-order chi connectivity index (χ1) is 6.77. The molecule has 2 heteroatoms. The highest BCUT2D eigenvalue weighted by Gasteiger charge is 2.39. The van der Waals surface area contributed by atoms with Crippen LogP contribution in [0.15, 0.2) is 18.2 Å². The van der Waals surface area contributed by atoms with Crippen molar-refractivity contribution in [2.24, 2.45) is 0 Å². The molecule has 0 aromatic heterocycles. The molecule has 2 nitrogen and oxygen atoms in total. The van der Waals surface area contributed by atoms with Crippen molar-refractivity contribution in [1.29, 1.82) is 0 Å². The minimum Gasteiger partial charge on any atom is -0.508 e. The van der Waals surface area contributed by atoms with Crippen LogP contribution in [0.1, 0.15) is 31.2 Å². The van der Waals surface area contributed by atoms with Gasteiger partial charge in [-0.25, -0.2) is 0 Å². The third kappa shape index (κ3) is 1.10. The normalized spacial score (nSPS) is 22.3. The Morgan fingerprint density at radius 1 is 1.21 bits per heavy atom. The number of rotatable bonds is 0. The van der Waals surface area contributed by atoms with Crippen molar-refractivity contribution in [3.05, 3.63) is 23.8 Å². The number of benzene rings is 1. The molecule has 3 rings (SSSR count). The molecule has 0 bridgehead atoms. The number of fused-ring (bicyclic) bond motifs is 1. The Balaban J connectivity index is 1.94.